The molecule has 2 rings (SSSR count). The van der Waals surface area contributed by atoms with Crippen molar-refractivity contribution in [2.24, 2.45) is 7.05 Å². The first-order valence-corrected chi connectivity index (χ1v) is 5.01. The van der Waals surface area contributed by atoms with Crippen LogP contribution >= 0.6 is 0 Å². The van der Waals surface area contributed by atoms with E-state index in [0.717, 1.165) is 5.69 Å². The van der Waals surface area contributed by atoms with Gasteiger partial charge in [0.15, 0.2) is 0 Å². The maximum Gasteiger partial charge on any atom is 0.238 e. The van der Waals surface area contributed by atoms with Crippen molar-refractivity contribution in [3.8, 4) is 11.6 Å². The average Bonchev–Trinajstić information content (AvgIpc) is 2.52. The summed E-state index contributed by atoms with van der Waals surface area (Å²) in [6.45, 7) is 3.64. The molecule has 1 aromatic heterocycles. The number of halogens is 1. The molecule has 0 aliphatic heterocycles. The summed E-state index contributed by atoms with van der Waals surface area (Å²) >= 11 is 0. The van der Waals surface area contributed by atoms with E-state index >= 15 is 0 Å². The number of nitrogens with zero attached hydrogens (tertiary/aromatic N) is 2. The Morgan fingerprint density at radius 2 is 2.00 bits per heavy atom. The van der Waals surface area contributed by atoms with E-state index in [0.29, 0.717) is 17.2 Å². The average molecular weight is 220 g/mol. The standard InChI is InChI=1S/C12H13FN2O/c1-8-6-10(4-5-11(8)13)16-12-7-9(2)15(3)14-12/h4-7H,1-3H3. The van der Waals surface area contributed by atoms with E-state index in [1.807, 2.05) is 20.0 Å². The fourth-order valence-electron chi connectivity index (χ4n) is 1.38. The Balaban J connectivity index is 2.23. The number of ether oxygens (including phenoxy) is 1. The number of aromatic nitrogens is 2. The van der Waals surface area contributed by atoms with Crippen LogP contribution < -0.4 is 4.74 Å². The summed E-state index contributed by atoms with van der Waals surface area (Å²) in [5.74, 6) is 0.882. The minimum Gasteiger partial charge on any atom is -0.438 e. The molecule has 0 unspecified atom stereocenters. The van der Waals surface area contributed by atoms with Gasteiger partial charge >= 0.3 is 0 Å². The lowest BCUT2D eigenvalue weighted by molar-refractivity contribution is 0.451. The third-order valence-corrected chi connectivity index (χ3v) is 2.44. The minimum atomic E-state index is -0.232. The molecule has 0 saturated carbocycles. The fraction of sp³-hybridized carbons (Fsp3) is 0.250. The first kappa shape index (κ1) is 10.7. The van der Waals surface area contributed by atoms with Crippen LogP contribution in [-0.4, -0.2) is 9.78 Å². The largest absolute Gasteiger partial charge is 0.438 e. The third-order valence-electron chi connectivity index (χ3n) is 2.44. The zero-order valence-electron chi connectivity index (χ0n) is 9.49. The summed E-state index contributed by atoms with van der Waals surface area (Å²) in [6, 6.07) is 6.46. The lowest BCUT2D eigenvalue weighted by atomic mass is 10.2. The molecule has 84 valence electrons. The molecule has 16 heavy (non-hydrogen) atoms. The van der Waals surface area contributed by atoms with Gasteiger partial charge in [-0.1, -0.05) is 0 Å². The first-order valence-electron chi connectivity index (χ1n) is 5.01. The SMILES string of the molecule is Cc1cc(Oc2cc(C)n(C)n2)ccc1F. The first-order chi connectivity index (χ1) is 7.56. The van der Waals surface area contributed by atoms with Crippen LogP contribution in [0.1, 0.15) is 11.3 Å². The summed E-state index contributed by atoms with van der Waals surface area (Å²) in [7, 11) is 1.85. The molecule has 0 spiro atoms. The Hall–Kier alpha value is -1.84. The van der Waals surface area contributed by atoms with E-state index in [4.69, 9.17) is 4.74 Å². The van der Waals surface area contributed by atoms with Gasteiger partial charge in [-0.05, 0) is 37.6 Å². The van der Waals surface area contributed by atoms with Crippen LogP contribution in [0.15, 0.2) is 24.3 Å². The van der Waals surface area contributed by atoms with E-state index in [1.165, 1.54) is 6.07 Å². The van der Waals surface area contributed by atoms with Crippen molar-refractivity contribution in [3.05, 3.63) is 41.3 Å². The molecular formula is C12H13FN2O. The number of benzene rings is 1. The predicted octanol–water partition coefficient (Wildman–Crippen LogP) is 2.97. The highest BCUT2D eigenvalue weighted by molar-refractivity contribution is 5.32. The van der Waals surface area contributed by atoms with Gasteiger partial charge in [-0.25, -0.2) is 4.39 Å². The van der Waals surface area contributed by atoms with Crippen molar-refractivity contribution in [1.29, 1.82) is 0 Å². The van der Waals surface area contributed by atoms with E-state index in [-0.39, 0.29) is 5.82 Å². The summed E-state index contributed by atoms with van der Waals surface area (Å²) in [4.78, 5) is 0. The number of hydrogen-bond donors (Lipinski definition) is 0. The number of aryl methyl sites for hydroxylation is 3. The zero-order chi connectivity index (χ0) is 11.7. The van der Waals surface area contributed by atoms with Gasteiger partial charge in [-0.15, -0.1) is 5.10 Å². The Bertz CT molecular complexity index is 500. The maximum atomic E-state index is 13.0. The van der Waals surface area contributed by atoms with Crippen molar-refractivity contribution in [3.63, 3.8) is 0 Å². The molecule has 0 aliphatic carbocycles. The molecule has 1 aromatic carbocycles. The quantitative estimate of drug-likeness (QED) is 0.778. The Labute approximate surface area is 93.5 Å². The molecule has 0 saturated heterocycles. The summed E-state index contributed by atoms with van der Waals surface area (Å²) in [5, 5.41) is 4.16. The van der Waals surface area contributed by atoms with E-state index < -0.39 is 0 Å². The topological polar surface area (TPSA) is 27.1 Å². The Kier molecular flexibility index (Phi) is 2.64. The van der Waals surface area contributed by atoms with Crippen LogP contribution in [0.3, 0.4) is 0 Å². The summed E-state index contributed by atoms with van der Waals surface area (Å²) in [5.41, 5.74) is 1.57. The van der Waals surface area contributed by atoms with Crippen molar-refractivity contribution >= 4 is 0 Å². The van der Waals surface area contributed by atoms with Crippen LogP contribution in [0.4, 0.5) is 4.39 Å². The van der Waals surface area contributed by atoms with Gasteiger partial charge < -0.3 is 4.74 Å². The second kappa shape index (κ2) is 3.96. The predicted molar refractivity (Wildman–Crippen MR) is 59.2 cm³/mol. The van der Waals surface area contributed by atoms with Gasteiger partial charge in [0.25, 0.3) is 0 Å². The second-order valence-electron chi connectivity index (χ2n) is 3.76. The molecule has 0 aliphatic rings. The van der Waals surface area contributed by atoms with Crippen LogP contribution in [0.25, 0.3) is 0 Å². The van der Waals surface area contributed by atoms with Crippen molar-refractivity contribution in [1.82, 2.24) is 9.78 Å². The third kappa shape index (κ3) is 2.05. The highest BCUT2D eigenvalue weighted by Crippen LogP contribution is 2.22. The molecule has 3 nitrogen and oxygen atoms in total. The lowest BCUT2D eigenvalue weighted by Crippen LogP contribution is -1.93. The van der Waals surface area contributed by atoms with Gasteiger partial charge in [0, 0.05) is 18.8 Å². The number of hydrogen-bond acceptors (Lipinski definition) is 2. The normalized spacial score (nSPS) is 10.5. The summed E-state index contributed by atoms with van der Waals surface area (Å²) in [6.07, 6.45) is 0. The molecule has 0 atom stereocenters. The molecular weight excluding hydrogens is 207 g/mol. The van der Waals surface area contributed by atoms with Crippen molar-refractivity contribution in [2.45, 2.75) is 13.8 Å². The van der Waals surface area contributed by atoms with E-state index in [2.05, 4.69) is 5.10 Å². The van der Waals surface area contributed by atoms with Crippen LogP contribution in [0, 0.1) is 19.7 Å². The van der Waals surface area contributed by atoms with Crippen molar-refractivity contribution in [2.75, 3.05) is 0 Å². The van der Waals surface area contributed by atoms with E-state index in [1.54, 1.807) is 23.7 Å². The highest BCUT2D eigenvalue weighted by Gasteiger charge is 2.05. The lowest BCUT2D eigenvalue weighted by Gasteiger charge is -2.03. The molecule has 0 fully saturated rings. The van der Waals surface area contributed by atoms with Gasteiger partial charge in [-0.2, -0.15) is 0 Å². The second-order valence-corrected chi connectivity index (χ2v) is 3.76. The Morgan fingerprint density at radius 1 is 1.25 bits per heavy atom. The smallest absolute Gasteiger partial charge is 0.238 e. The van der Waals surface area contributed by atoms with Gasteiger partial charge in [-0.3, -0.25) is 4.68 Å². The maximum absolute atomic E-state index is 13.0. The van der Waals surface area contributed by atoms with Gasteiger partial charge in [0.2, 0.25) is 5.88 Å². The Morgan fingerprint density at radius 3 is 2.56 bits per heavy atom. The minimum absolute atomic E-state index is 0.232. The molecule has 4 heteroatoms. The fourth-order valence-corrected chi connectivity index (χ4v) is 1.38. The molecule has 2 aromatic rings. The molecule has 0 bridgehead atoms. The number of rotatable bonds is 2. The van der Waals surface area contributed by atoms with E-state index in [9.17, 15) is 4.39 Å². The molecule has 0 amide bonds. The zero-order valence-corrected chi connectivity index (χ0v) is 9.49. The van der Waals surface area contributed by atoms with Crippen molar-refractivity contribution < 1.29 is 9.13 Å². The summed E-state index contributed by atoms with van der Waals surface area (Å²) < 4.78 is 20.3. The van der Waals surface area contributed by atoms with Gasteiger partial charge in [0.1, 0.15) is 11.6 Å². The monoisotopic (exact) mass is 220 g/mol. The molecule has 0 radical (unpaired) electrons. The van der Waals surface area contributed by atoms with Crippen LogP contribution in [0.2, 0.25) is 0 Å². The highest BCUT2D eigenvalue weighted by atomic mass is 19.1. The van der Waals surface area contributed by atoms with Gasteiger partial charge in [0.05, 0.1) is 0 Å². The van der Waals surface area contributed by atoms with Crippen LogP contribution in [-0.2, 0) is 7.05 Å². The molecule has 0 N–H and O–H groups in total. The molecule has 1 heterocycles. The van der Waals surface area contributed by atoms with Crippen LogP contribution in [0.5, 0.6) is 11.6 Å².